The van der Waals surface area contributed by atoms with E-state index in [0.29, 0.717) is 15.9 Å². The zero-order chi connectivity index (χ0) is 10.7. The van der Waals surface area contributed by atoms with Crippen LogP contribution in [0.25, 0.3) is 0 Å². The van der Waals surface area contributed by atoms with Crippen LogP contribution < -0.4 is 5.73 Å². The summed E-state index contributed by atoms with van der Waals surface area (Å²) in [7, 11) is 0. The first-order chi connectivity index (χ1) is 7.24. The second kappa shape index (κ2) is 4.46. The zero-order valence-electron chi connectivity index (χ0n) is 7.59. The minimum atomic E-state index is 0.397. The molecule has 2 rings (SSSR count). The molecule has 15 heavy (non-hydrogen) atoms. The lowest BCUT2D eigenvalue weighted by Crippen LogP contribution is -1.92. The zero-order valence-corrected chi connectivity index (χ0v) is 9.16. The Labute approximate surface area is 95.9 Å². The van der Waals surface area contributed by atoms with Crippen molar-refractivity contribution in [3.05, 3.63) is 35.7 Å². The maximum atomic E-state index is 5.72. The standard InChI is InChI=1S/C9H7ClN4S/c10-6-1-2-8(13-3-6)15-9-5-12-4-7(11)14-9/h1-5H,(H2,11,14). The quantitative estimate of drug-likeness (QED) is 0.870. The van der Waals surface area contributed by atoms with Crippen molar-refractivity contribution < 1.29 is 0 Å². The van der Waals surface area contributed by atoms with Gasteiger partial charge in [-0.15, -0.1) is 0 Å². The van der Waals surface area contributed by atoms with Crippen LogP contribution in [0, 0.1) is 0 Å². The number of pyridine rings is 1. The van der Waals surface area contributed by atoms with Gasteiger partial charge in [-0.05, 0) is 23.9 Å². The van der Waals surface area contributed by atoms with Gasteiger partial charge in [0.25, 0.3) is 0 Å². The van der Waals surface area contributed by atoms with Gasteiger partial charge in [-0.3, -0.25) is 4.98 Å². The van der Waals surface area contributed by atoms with E-state index in [4.69, 9.17) is 17.3 Å². The summed E-state index contributed by atoms with van der Waals surface area (Å²) in [5, 5.41) is 2.13. The van der Waals surface area contributed by atoms with Crippen molar-refractivity contribution >= 4 is 29.2 Å². The summed E-state index contributed by atoms with van der Waals surface area (Å²) < 4.78 is 0. The molecule has 6 heteroatoms. The highest BCUT2D eigenvalue weighted by atomic mass is 35.5. The van der Waals surface area contributed by atoms with Crippen LogP contribution in [0.4, 0.5) is 5.82 Å². The van der Waals surface area contributed by atoms with Gasteiger partial charge in [-0.2, -0.15) is 0 Å². The molecule has 0 aliphatic carbocycles. The first-order valence-corrected chi connectivity index (χ1v) is 5.30. The number of hydrogen-bond acceptors (Lipinski definition) is 5. The van der Waals surface area contributed by atoms with Crippen LogP contribution in [-0.2, 0) is 0 Å². The van der Waals surface area contributed by atoms with E-state index in [-0.39, 0.29) is 0 Å². The molecule has 2 N–H and O–H groups in total. The number of hydrogen-bond donors (Lipinski definition) is 1. The molecule has 76 valence electrons. The van der Waals surface area contributed by atoms with Crippen molar-refractivity contribution in [2.45, 2.75) is 10.1 Å². The second-order valence-corrected chi connectivity index (χ2v) is 4.18. The first-order valence-electron chi connectivity index (χ1n) is 4.11. The van der Waals surface area contributed by atoms with Crippen LogP contribution in [0.15, 0.2) is 40.8 Å². The van der Waals surface area contributed by atoms with E-state index >= 15 is 0 Å². The fraction of sp³-hybridized carbons (Fsp3) is 0. The molecule has 0 radical (unpaired) electrons. The molecule has 0 bridgehead atoms. The number of halogens is 1. The molecule has 0 aliphatic rings. The van der Waals surface area contributed by atoms with Gasteiger partial charge in [0.2, 0.25) is 0 Å². The molecule has 2 aromatic heterocycles. The molecule has 0 fully saturated rings. The summed E-state index contributed by atoms with van der Waals surface area (Å²) >= 11 is 7.11. The highest BCUT2D eigenvalue weighted by Crippen LogP contribution is 2.24. The van der Waals surface area contributed by atoms with E-state index in [2.05, 4.69) is 15.0 Å². The Hall–Kier alpha value is -1.33. The summed E-state index contributed by atoms with van der Waals surface area (Å²) in [6, 6.07) is 3.59. The number of aromatic nitrogens is 3. The largest absolute Gasteiger partial charge is 0.382 e. The summed E-state index contributed by atoms with van der Waals surface area (Å²) in [4.78, 5) is 12.2. The van der Waals surface area contributed by atoms with E-state index in [1.807, 2.05) is 6.07 Å². The molecule has 0 saturated heterocycles. The minimum Gasteiger partial charge on any atom is -0.382 e. The van der Waals surface area contributed by atoms with Crippen LogP contribution in [-0.4, -0.2) is 15.0 Å². The fourth-order valence-corrected chi connectivity index (χ4v) is 1.77. The maximum Gasteiger partial charge on any atom is 0.143 e. The van der Waals surface area contributed by atoms with Gasteiger partial charge >= 0.3 is 0 Å². The SMILES string of the molecule is Nc1cncc(Sc2ccc(Cl)cn2)n1. The summed E-state index contributed by atoms with van der Waals surface area (Å²) in [5.74, 6) is 0.397. The smallest absolute Gasteiger partial charge is 0.143 e. The van der Waals surface area contributed by atoms with Gasteiger partial charge in [0, 0.05) is 6.20 Å². The Morgan fingerprint density at radius 3 is 2.67 bits per heavy atom. The number of nitrogens with zero attached hydrogens (tertiary/aromatic N) is 3. The van der Waals surface area contributed by atoms with Crippen LogP contribution >= 0.6 is 23.4 Å². The Morgan fingerprint density at radius 1 is 1.13 bits per heavy atom. The van der Waals surface area contributed by atoms with Crippen LogP contribution in [0.3, 0.4) is 0 Å². The van der Waals surface area contributed by atoms with Crippen molar-refractivity contribution in [3.8, 4) is 0 Å². The third-order valence-electron chi connectivity index (χ3n) is 1.54. The van der Waals surface area contributed by atoms with Gasteiger partial charge < -0.3 is 5.73 Å². The van der Waals surface area contributed by atoms with Crippen molar-refractivity contribution in [3.63, 3.8) is 0 Å². The van der Waals surface area contributed by atoms with E-state index in [9.17, 15) is 0 Å². The molecule has 0 atom stereocenters. The van der Waals surface area contributed by atoms with E-state index in [1.165, 1.54) is 18.0 Å². The van der Waals surface area contributed by atoms with Crippen LogP contribution in [0.5, 0.6) is 0 Å². The predicted molar refractivity (Wildman–Crippen MR) is 59.8 cm³/mol. The van der Waals surface area contributed by atoms with E-state index in [0.717, 1.165) is 5.03 Å². The van der Waals surface area contributed by atoms with Gasteiger partial charge in [-0.25, -0.2) is 9.97 Å². The third-order valence-corrected chi connectivity index (χ3v) is 2.62. The lowest BCUT2D eigenvalue weighted by atomic mass is 10.5. The number of nitrogens with two attached hydrogens (primary N) is 1. The molecular weight excluding hydrogens is 232 g/mol. The average Bonchev–Trinajstić information content (AvgIpc) is 2.22. The van der Waals surface area contributed by atoms with E-state index in [1.54, 1.807) is 18.5 Å². The summed E-state index contributed by atoms with van der Waals surface area (Å²) in [6.07, 6.45) is 4.72. The molecule has 0 saturated carbocycles. The third kappa shape index (κ3) is 2.81. The van der Waals surface area contributed by atoms with Gasteiger partial charge in [0.1, 0.15) is 15.9 Å². The normalized spacial score (nSPS) is 10.2. The molecule has 0 unspecified atom stereocenters. The minimum absolute atomic E-state index is 0.397. The van der Waals surface area contributed by atoms with Gasteiger partial charge in [-0.1, -0.05) is 11.6 Å². The van der Waals surface area contributed by atoms with Gasteiger partial charge in [0.05, 0.1) is 17.4 Å². The van der Waals surface area contributed by atoms with Crippen molar-refractivity contribution in [2.24, 2.45) is 0 Å². The predicted octanol–water partition coefficient (Wildman–Crippen LogP) is 2.26. The topological polar surface area (TPSA) is 64.7 Å². The Morgan fingerprint density at radius 2 is 2.00 bits per heavy atom. The fourth-order valence-electron chi connectivity index (χ4n) is 0.941. The van der Waals surface area contributed by atoms with Crippen molar-refractivity contribution in [2.75, 3.05) is 5.73 Å². The number of nitrogen functional groups attached to an aromatic ring is 1. The molecule has 0 aromatic carbocycles. The van der Waals surface area contributed by atoms with Crippen molar-refractivity contribution in [1.82, 2.24) is 15.0 Å². The van der Waals surface area contributed by atoms with E-state index < -0.39 is 0 Å². The Bertz CT molecular complexity index is 460. The monoisotopic (exact) mass is 238 g/mol. The van der Waals surface area contributed by atoms with Crippen LogP contribution in [0.1, 0.15) is 0 Å². The molecule has 2 aromatic rings. The Kier molecular flexibility index (Phi) is 3.03. The first kappa shape index (κ1) is 10.2. The number of anilines is 1. The maximum absolute atomic E-state index is 5.72. The molecule has 0 spiro atoms. The molecule has 0 amide bonds. The van der Waals surface area contributed by atoms with Gasteiger partial charge in [0.15, 0.2) is 0 Å². The van der Waals surface area contributed by atoms with Crippen molar-refractivity contribution in [1.29, 1.82) is 0 Å². The molecule has 2 heterocycles. The highest BCUT2D eigenvalue weighted by Gasteiger charge is 2.00. The second-order valence-electron chi connectivity index (χ2n) is 2.70. The molecule has 0 aliphatic heterocycles. The molecular formula is C9H7ClN4S. The average molecular weight is 239 g/mol. The Balaban J connectivity index is 2.18. The highest BCUT2D eigenvalue weighted by molar-refractivity contribution is 7.99. The van der Waals surface area contributed by atoms with Crippen LogP contribution in [0.2, 0.25) is 5.02 Å². The lowest BCUT2D eigenvalue weighted by Gasteiger charge is -1.99. The summed E-state index contributed by atoms with van der Waals surface area (Å²) in [6.45, 7) is 0. The number of rotatable bonds is 2. The lowest BCUT2D eigenvalue weighted by molar-refractivity contribution is 1.05. The molecule has 4 nitrogen and oxygen atoms in total. The summed E-state index contributed by atoms with van der Waals surface area (Å²) in [5.41, 5.74) is 5.51.